The van der Waals surface area contributed by atoms with Crippen LogP contribution in [0.4, 0.5) is 11.5 Å². The van der Waals surface area contributed by atoms with Crippen LogP contribution in [-0.2, 0) is 0 Å². The molecule has 4 aromatic rings. The molecule has 0 spiro atoms. The van der Waals surface area contributed by atoms with Crippen molar-refractivity contribution >= 4 is 33.7 Å². The minimum absolute atomic E-state index is 0.494. The zero-order valence-electron chi connectivity index (χ0n) is 15.4. The van der Waals surface area contributed by atoms with E-state index in [1.807, 2.05) is 54.7 Å². The second-order valence-corrected chi connectivity index (χ2v) is 7.32. The normalized spacial score (nSPS) is 10.9. The number of pyridine rings is 1. The van der Waals surface area contributed by atoms with Crippen molar-refractivity contribution in [2.45, 2.75) is 0 Å². The SMILES string of the molecule is COc1ccc(-c2csc(-c3cc4ccc(N(C)C)cc4nc3N)n2)cc1. The fourth-order valence-corrected chi connectivity index (χ4v) is 3.77. The standard InChI is InChI=1S/C21H20N4OS/c1-25(2)15-7-4-14-10-17(20(22)23-18(14)11-15)21-24-19(12-27-21)13-5-8-16(26-3)9-6-13/h4-12H,1-3H3,(H2,22,23). The average molecular weight is 376 g/mol. The van der Waals surface area contributed by atoms with Gasteiger partial charge in [0, 0.05) is 36.1 Å². The molecular formula is C21H20N4OS. The van der Waals surface area contributed by atoms with Crippen molar-refractivity contribution in [3.63, 3.8) is 0 Å². The molecule has 0 radical (unpaired) electrons. The van der Waals surface area contributed by atoms with Crippen molar-refractivity contribution in [3.05, 3.63) is 53.9 Å². The number of rotatable bonds is 4. The van der Waals surface area contributed by atoms with Gasteiger partial charge in [-0.3, -0.25) is 0 Å². The van der Waals surface area contributed by atoms with Gasteiger partial charge in [-0.2, -0.15) is 0 Å². The van der Waals surface area contributed by atoms with E-state index in [2.05, 4.69) is 23.2 Å². The summed E-state index contributed by atoms with van der Waals surface area (Å²) in [5.74, 6) is 1.32. The lowest BCUT2D eigenvalue weighted by Gasteiger charge is -2.13. The summed E-state index contributed by atoms with van der Waals surface area (Å²) >= 11 is 1.57. The van der Waals surface area contributed by atoms with E-state index in [-0.39, 0.29) is 0 Å². The maximum Gasteiger partial charge on any atom is 0.134 e. The van der Waals surface area contributed by atoms with Gasteiger partial charge in [-0.05, 0) is 42.5 Å². The number of fused-ring (bicyclic) bond motifs is 1. The second-order valence-electron chi connectivity index (χ2n) is 6.46. The number of nitrogens with zero attached hydrogens (tertiary/aromatic N) is 3. The summed E-state index contributed by atoms with van der Waals surface area (Å²) in [5.41, 5.74) is 11.1. The van der Waals surface area contributed by atoms with Crippen molar-refractivity contribution in [2.75, 3.05) is 31.8 Å². The van der Waals surface area contributed by atoms with Gasteiger partial charge in [0.25, 0.3) is 0 Å². The minimum atomic E-state index is 0.494. The lowest BCUT2D eigenvalue weighted by molar-refractivity contribution is 0.415. The van der Waals surface area contributed by atoms with Crippen LogP contribution in [0.1, 0.15) is 0 Å². The Balaban J connectivity index is 1.72. The van der Waals surface area contributed by atoms with Gasteiger partial charge in [-0.25, -0.2) is 9.97 Å². The van der Waals surface area contributed by atoms with Crippen LogP contribution in [0.5, 0.6) is 5.75 Å². The fourth-order valence-electron chi connectivity index (χ4n) is 2.91. The number of hydrogen-bond acceptors (Lipinski definition) is 6. The predicted octanol–water partition coefficient (Wildman–Crippen LogP) is 4.68. The molecule has 27 heavy (non-hydrogen) atoms. The third-order valence-electron chi connectivity index (χ3n) is 4.47. The summed E-state index contributed by atoms with van der Waals surface area (Å²) in [7, 11) is 5.68. The number of benzene rings is 2. The molecule has 2 N–H and O–H groups in total. The first kappa shape index (κ1) is 17.3. The molecule has 0 bridgehead atoms. The summed E-state index contributed by atoms with van der Waals surface area (Å²) in [6, 6.07) is 16.1. The summed E-state index contributed by atoms with van der Waals surface area (Å²) in [6.07, 6.45) is 0. The van der Waals surface area contributed by atoms with E-state index in [1.165, 1.54) is 0 Å². The molecule has 0 aliphatic rings. The lowest BCUT2D eigenvalue weighted by Crippen LogP contribution is -2.08. The maximum atomic E-state index is 6.26. The molecule has 0 saturated carbocycles. The van der Waals surface area contributed by atoms with E-state index in [4.69, 9.17) is 15.5 Å². The summed E-state index contributed by atoms with van der Waals surface area (Å²) in [5, 5.41) is 3.95. The van der Waals surface area contributed by atoms with E-state index < -0.39 is 0 Å². The number of thiazole rings is 1. The van der Waals surface area contributed by atoms with E-state index >= 15 is 0 Å². The third-order valence-corrected chi connectivity index (χ3v) is 5.34. The first-order valence-electron chi connectivity index (χ1n) is 8.53. The van der Waals surface area contributed by atoms with Gasteiger partial charge in [0.05, 0.1) is 23.9 Å². The van der Waals surface area contributed by atoms with E-state index in [0.717, 1.165) is 44.2 Å². The number of anilines is 2. The molecule has 0 aliphatic carbocycles. The first-order chi connectivity index (χ1) is 13.0. The molecule has 0 fully saturated rings. The fraction of sp³-hybridized carbons (Fsp3) is 0.143. The van der Waals surface area contributed by atoms with E-state index in [9.17, 15) is 0 Å². The Morgan fingerprint density at radius 2 is 1.78 bits per heavy atom. The van der Waals surface area contributed by atoms with Gasteiger partial charge in [-0.1, -0.05) is 6.07 Å². The van der Waals surface area contributed by atoms with Crippen molar-refractivity contribution in [2.24, 2.45) is 0 Å². The summed E-state index contributed by atoms with van der Waals surface area (Å²) in [4.78, 5) is 11.4. The van der Waals surface area contributed by atoms with Crippen LogP contribution in [0.15, 0.2) is 53.9 Å². The maximum absolute atomic E-state index is 6.26. The topological polar surface area (TPSA) is 64.3 Å². The van der Waals surface area contributed by atoms with Crippen LogP contribution in [-0.4, -0.2) is 31.2 Å². The molecule has 6 heteroatoms. The summed E-state index contributed by atoms with van der Waals surface area (Å²) < 4.78 is 5.21. The average Bonchev–Trinajstić information content (AvgIpc) is 3.17. The molecule has 0 unspecified atom stereocenters. The molecule has 5 nitrogen and oxygen atoms in total. The Bertz CT molecular complexity index is 1100. The number of nitrogens with two attached hydrogens (primary N) is 1. The molecule has 4 rings (SSSR count). The van der Waals surface area contributed by atoms with Crippen molar-refractivity contribution in [3.8, 4) is 27.6 Å². The highest BCUT2D eigenvalue weighted by atomic mass is 32.1. The smallest absolute Gasteiger partial charge is 0.134 e. The van der Waals surface area contributed by atoms with Crippen LogP contribution in [0.2, 0.25) is 0 Å². The molecule has 0 aliphatic heterocycles. The molecule has 2 aromatic heterocycles. The molecule has 0 amide bonds. The van der Waals surface area contributed by atoms with E-state index in [0.29, 0.717) is 5.82 Å². The number of ether oxygens (including phenoxy) is 1. The largest absolute Gasteiger partial charge is 0.497 e. The molecule has 136 valence electrons. The zero-order valence-corrected chi connectivity index (χ0v) is 16.2. The Morgan fingerprint density at radius 3 is 2.48 bits per heavy atom. The molecule has 2 aromatic carbocycles. The molecule has 2 heterocycles. The third kappa shape index (κ3) is 3.31. The van der Waals surface area contributed by atoms with Crippen LogP contribution < -0.4 is 15.4 Å². The number of methoxy groups -OCH3 is 1. The van der Waals surface area contributed by atoms with E-state index in [1.54, 1.807) is 18.4 Å². The number of hydrogen-bond donors (Lipinski definition) is 1. The van der Waals surface area contributed by atoms with Crippen LogP contribution in [0.3, 0.4) is 0 Å². The van der Waals surface area contributed by atoms with Gasteiger partial charge in [0.1, 0.15) is 16.6 Å². The highest BCUT2D eigenvalue weighted by molar-refractivity contribution is 7.13. The molecule has 0 saturated heterocycles. The quantitative estimate of drug-likeness (QED) is 0.560. The summed E-state index contributed by atoms with van der Waals surface area (Å²) in [6.45, 7) is 0. The number of aromatic nitrogens is 2. The van der Waals surface area contributed by atoms with Gasteiger partial charge < -0.3 is 15.4 Å². The van der Waals surface area contributed by atoms with Crippen LogP contribution in [0.25, 0.3) is 32.7 Å². The van der Waals surface area contributed by atoms with Crippen molar-refractivity contribution in [1.29, 1.82) is 0 Å². The Kier molecular flexibility index (Phi) is 4.41. The monoisotopic (exact) mass is 376 g/mol. The highest BCUT2D eigenvalue weighted by Crippen LogP contribution is 2.34. The van der Waals surface area contributed by atoms with Crippen molar-refractivity contribution in [1.82, 2.24) is 9.97 Å². The first-order valence-corrected chi connectivity index (χ1v) is 9.41. The minimum Gasteiger partial charge on any atom is -0.497 e. The lowest BCUT2D eigenvalue weighted by atomic mass is 10.1. The second kappa shape index (κ2) is 6.89. The van der Waals surface area contributed by atoms with Gasteiger partial charge in [0.2, 0.25) is 0 Å². The van der Waals surface area contributed by atoms with Crippen LogP contribution >= 0.6 is 11.3 Å². The number of nitrogen functional groups attached to an aromatic ring is 1. The molecular weight excluding hydrogens is 356 g/mol. The van der Waals surface area contributed by atoms with Gasteiger partial charge >= 0.3 is 0 Å². The highest BCUT2D eigenvalue weighted by Gasteiger charge is 2.12. The Labute approximate surface area is 162 Å². The zero-order chi connectivity index (χ0) is 19.0. The van der Waals surface area contributed by atoms with Crippen molar-refractivity contribution < 1.29 is 4.74 Å². The predicted molar refractivity (Wildman–Crippen MR) is 114 cm³/mol. The van der Waals surface area contributed by atoms with Crippen LogP contribution in [0, 0.1) is 0 Å². The van der Waals surface area contributed by atoms with Gasteiger partial charge in [-0.15, -0.1) is 11.3 Å². The molecule has 0 atom stereocenters. The van der Waals surface area contributed by atoms with Gasteiger partial charge in [0.15, 0.2) is 0 Å². The Hall–Kier alpha value is -3.12. The Morgan fingerprint density at radius 1 is 1.00 bits per heavy atom.